The van der Waals surface area contributed by atoms with E-state index in [1.807, 2.05) is 18.2 Å². The van der Waals surface area contributed by atoms with Crippen LogP contribution in [0.4, 0.5) is 0 Å². The molecule has 0 aliphatic rings. The van der Waals surface area contributed by atoms with Crippen molar-refractivity contribution < 1.29 is 19.4 Å². The molecule has 138 valence electrons. The number of hydrogen-bond donors (Lipinski definition) is 2. The molecule has 6 heteroatoms. The Hall–Kier alpha value is -3.43. The van der Waals surface area contributed by atoms with Crippen molar-refractivity contribution in [2.75, 3.05) is 7.11 Å². The fourth-order valence-corrected chi connectivity index (χ4v) is 2.17. The number of rotatable bonds is 5. The molecule has 6 nitrogen and oxygen atoms in total. The van der Waals surface area contributed by atoms with Gasteiger partial charge in [0.15, 0.2) is 6.04 Å². The van der Waals surface area contributed by atoms with Gasteiger partial charge in [0, 0.05) is 23.5 Å². The summed E-state index contributed by atoms with van der Waals surface area (Å²) in [4.78, 5) is 27.8. The van der Waals surface area contributed by atoms with Gasteiger partial charge in [-0.25, -0.2) is 4.79 Å². The molecule has 0 bridgehead atoms. The van der Waals surface area contributed by atoms with Crippen LogP contribution < -0.4 is 5.32 Å². The maximum Gasteiger partial charge on any atom is 0.331 e. The highest BCUT2D eigenvalue weighted by molar-refractivity contribution is 5.97. The zero-order chi connectivity index (χ0) is 19.6. The number of methoxy groups -OCH3 is 1. The fraction of sp³-hybridized carbons (Fsp3) is 0.190. The number of nitrogens with zero attached hydrogens (tertiary/aromatic N) is 1. The third-order valence-electron chi connectivity index (χ3n) is 3.65. The molecule has 1 amide bonds. The Labute approximate surface area is 157 Å². The normalized spacial score (nSPS) is 12.6. The molecule has 1 aromatic heterocycles. The Balaban J connectivity index is 2.00. The van der Waals surface area contributed by atoms with Gasteiger partial charge in [0.25, 0.3) is 5.91 Å². The van der Waals surface area contributed by atoms with E-state index < -0.39 is 24.0 Å². The Bertz CT molecular complexity index is 863. The lowest BCUT2D eigenvalue weighted by Gasteiger charge is -2.18. The molecule has 0 fully saturated rings. The quantitative estimate of drug-likeness (QED) is 0.624. The van der Waals surface area contributed by atoms with Crippen LogP contribution in [0.2, 0.25) is 0 Å². The van der Waals surface area contributed by atoms with Gasteiger partial charge in [-0.3, -0.25) is 9.78 Å². The van der Waals surface area contributed by atoms with Crippen LogP contribution in [0.25, 0.3) is 6.08 Å². The number of aromatic nitrogens is 1. The number of aliphatic hydroxyl groups is 1. The lowest BCUT2D eigenvalue weighted by atomic mass is 10.1. The standard InChI is InChI=1S/C21H20N2O4/c1-15(24)19(21(26)27-2)23-20(25)18-9-7-16(8-10-18)5-3-4-6-17-11-13-22-14-12-17/h4,6-15,19,24H,1-2H3,(H,23,25)/b6-4+/t15-,19+/m1/s1. The predicted molar refractivity (Wildman–Crippen MR) is 102 cm³/mol. The molecule has 2 rings (SSSR count). The summed E-state index contributed by atoms with van der Waals surface area (Å²) in [5.41, 5.74) is 2.10. The van der Waals surface area contributed by atoms with Gasteiger partial charge in [-0.1, -0.05) is 11.8 Å². The SMILES string of the molecule is COC(=O)[C@@H](NC(=O)c1ccc(C#C/C=C/c2ccncc2)cc1)[C@@H](C)O. The number of hydrogen-bond acceptors (Lipinski definition) is 5. The molecular formula is C21H20N2O4. The maximum absolute atomic E-state index is 12.2. The Morgan fingerprint density at radius 3 is 2.44 bits per heavy atom. The summed E-state index contributed by atoms with van der Waals surface area (Å²) in [6.07, 6.45) is 5.95. The number of benzene rings is 1. The molecule has 1 heterocycles. The number of pyridine rings is 1. The van der Waals surface area contributed by atoms with Crippen molar-refractivity contribution in [3.8, 4) is 11.8 Å². The minimum Gasteiger partial charge on any atom is -0.467 e. The van der Waals surface area contributed by atoms with Crippen LogP contribution >= 0.6 is 0 Å². The molecule has 0 unspecified atom stereocenters. The molecule has 27 heavy (non-hydrogen) atoms. The van der Waals surface area contributed by atoms with Crippen LogP contribution in [0.5, 0.6) is 0 Å². The predicted octanol–water partition coefficient (Wildman–Crippen LogP) is 1.80. The van der Waals surface area contributed by atoms with Gasteiger partial charge in [0.1, 0.15) is 0 Å². The number of nitrogens with one attached hydrogen (secondary N) is 1. The second-order valence-corrected chi connectivity index (χ2v) is 5.68. The zero-order valence-corrected chi connectivity index (χ0v) is 15.0. The molecule has 0 radical (unpaired) electrons. The van der Waals surface area contributed by atoms with Gasteiger partial charge >= 0.3 is 5.97 Å². The number of allylic oxidation sites excluding steroid dienone is 1. The maximum atomic E-state index is 12.2. The second kappa shape index (κ2) is 9.90. The molecule has 1 aromatic carbocycles. The van der Waals surface area contributed by atoms with Crippen molar-refractivity contribution in [3.05, 3.63) is 71.6 Å². The van der Waals surface area contributed by atoms with Crippen LogP contribution in [0.15, 0.2) is 54.9 Å². The number of ether oxygens (including phenoxy) is 1. The smallest absolute Gasteiger partial charge is 0.331 e. The minimum absolute atomic E-state index is 0.349. The van der Waals surface area contributed by atoms with Crippen molar-refractivity contribution >= 4 is 18.0 Å². The van der Waals surface area contributed by atoms with Crippen molar-refractivity contribution in [1.82, 2.24) is 10.3 Å². The van der Waals surface area contributed by atoms with Crippen molar-refractivity contribution in [2.24, 2.45) is 0 Å². The third-order valence-corrected chi connectivity index (χ3v) is 3.65. The zero-order valence-electron chi connectivity index (χ0n) is 15.0. The minimum atomic E-state index is -1.12. The van der Waals surface area contributed by atoms with Crippen LogP contribution in [-0.2, 0) is 9.53 Å². The fourth-order valence-electron chi connectivity index (χ4n) is 2.17. The van der Waals surface area contributed by atoms with Crippen LogP contribution in [0.1, 0.15) is 28.4 Å². The molecule has 0 aliphatic carbocycles. The first-order valence-corrected chi connectivity index (χ1v) is 8.26. The van der Waals surface area contributed by atoms with E-state index in [0.29, 0.717) is 5.56 Å². The van der Waals surface area contributed by atoms with E-state index in [0.717, 1.165) is 11.1 Å². The van der Waals surface area contributed by atoms with E-state index >= 15 is 0 Å². The average molecular weight is 364 g/mol. The number of carbonyl (C=O) groups is 2. The Kier molecular flexibility index (Phi) is 7.29. The molecule has 0 spiro atoms. The van der Waals surface area contributed by atoms with Gasteiger partial charge in [0.2, 0.25) is 0 Å². The van der Waals surface area contributed by atoms with Crippen LogP contribution in [-0.4, -0.2) is 41.2 Å². The summed E-state index contributed by atoms with van der Waals surface area (Å²) in [5.74, 6) is 4.70. The van der Waals surface area contributed by atoms with Gasteiger partial charge in [-0.05, 0) is 61.0 Å². The van der Waals surface area contributed by atoms with E-state index in [2.05, 4.69) is 26.9 Å². The summed E-state index contributed by atoms with van der Waals surface area (Å²) in [5, 5.41) is 12.1. The van der Waals surface area contributed by atoms with Crippen molar-refractivity contribution in [1.29, 1.82) is 0 Å². The van der Waals surface area contributed by atoms with Gasteiger partial charge in [-0.15, -0.1) is 0 Å². The molecule has 2 N–H and O–H groups in total. The highest BCUT2D eigenvalue weighted by atomic mass is 16.5. The van der Waals surface area contributed by atoms with Crippen LogP contribution in [0.3, 0.4) is 0 Å². The monoisotopic (exact) mass is 364 g/mol. The van der Waals surface area contributed by atoms with E-state index in [1.165, 1.54) is 14.0 Å². The summed E-state index contributed by atoms with van der Waals surface area (Å²) >= 11 is 0. The Morgan fingerprint density at radius 1 is 1.19 bits per heavy atom. The highest BCUT2D eigenvalue weighted by Crippen LogP contribution is 2.06. The second-order valence-electron chi connectivity index (χ2n) is 5.68. The molecular weight excluding hydrogens is 344 g/mol. The summed E-state index contributed by atoms with van der Waals surface area (Å²) in [6.45, 7) is 1.40. The Morgan fingerprint density at radius 2 is 1.85 bits per heavy atom. The first-order valence-electron chi connectivity index (χ1n) is 8.26. The number of amides is 1. The average Bonchev–Trinajstić information content (AvgIpc) is 2.69. The van der Waals surface area contributed by atoms with E-state index in [-0.39, 0.29) is 0 Å². The first-order chi connectivity index (χ1) is 13.0. The molecule has 2 atom stereocenters. The summed E-state index contributed by atoms with van der Waals surface area (Å²) in [6, 6.07) is 9.24. The summed E-state index contributed by atoms with van der Waals surface area (Å²) < 4.78 is 4.57. The molecule has 0 aliphatic heterocycles. The van der Waals surface area contributed by atoms with Gasteiger partial charge in [0.05, 0.1) is 13.2 Å². The third kappa shape index (κ3) is 6.10. The highest BCUT2D eigenvalue weighted by Gasteiger charge is 2.26. The van der Waals surface area contributed by atoms with E-state index in [4.69, 9.17) is 0 Å². The summed E-state index contributed by atoms with van der Waals surface area (Å²) in [7, 11) is 1.19. The molecule has 0 saturated heterocycles. The first kappa shape index (κ1) is 19.9. The van der Waals surface area contributed by atoms with Gasteiger partial charge in [-0.2, -0.15) is 0 Å². The topological polar surface area (TPSA) is 88.5 Å². The molecule has 0 saturated carbocycles. The van der Waals surface area contributed by atoms with Crippen molar-refractivity contribution in [3.63, 3.8) is 0 Å². The number of aliphatic hydroxyl groups excluding tert-OH is 1. The molecule has 2 aromatic rings. The van der Waals surface area contributed by atoms with E-state index in [9.17, 15) is 14.7 Å². The lowest BCUT2D eigenvalue weighted by molar-refractivity contribution is -0.145. The largest absolute Gasteiger partial charge is 0.467 e. The number of esters is 1. The number of carbonyl (C=O) groups excluding carboxylic acids is 2. The van der Waals surface area contributed by atoms with Crippen LogP contribution in [0, 0.1) is 11.8 Å². The van der Waals surface area contributed by atoms with Crippen molar-refractivity contribution in [2.45, 2.75) is 19.1 Å². The lowest BCUT2D eigenvalue weighted by Crippen LogP contribution is -2.48. The van der Waals surface area contributed by atoms with E-state index in [1.54, 1.807) is 42.7 Å². The van der Waals surface area contributed by atoms with Gasteiger partial charge < -0.3 is 15.2 Å².